The Bertz CT molecular complexity index is 3130. The Balaban J connectivity index is 1.02. The van der Waals surface area contributed by atoms with E-state index in [0.717, 1.165) is 35.5 Å². The van der Waals surface area contributed by atoms with Crippen LogP contribution in [0, 0.1) is 0 Å². The molecule has 22 heteroatoms. The number of guanidine groups is 1. The Hall–Kier alpha value is -8.34. The number of unbranched alkanes of at least 4 members (excludes halogenated alkanes) is 1. The van der Waals surface area contributed by atoms with Crippen LogP contribution in [0.3, 0.4) is 0 Å². The van der Waals surface area contributed by atoms with Gasteiger partial charge in [0.1, 0.15) is 23.9 Å². The molecule has 412 valence electrons. The molecule has 5 amide bonds. The minimum Gasteiger partial charge on any atom is -0.508 e. The number of aromatic hydroxyl groups is 1. The van der Waals surface area contributed by atoms with Crippen molar-refractivity contribution in [1.82, 2.24) is 31.2 Å². The number of carbonyl (C=O) groups excluding carboxylic acids is 5. The second-order valence-electron chi connectivity index (χ2n) is 19.1. The molecule has 0 aliphatic carbocycles. The quantitative estimate of drug-likeness (QED) is 0.0161. The summed E-state index contributed by atoms with van der Waals surface area (Å²) in [4.78, 5) is 80.8. The third-order valence-electron chi connectivity index (χ3n) is 13.3. The van der Waals surface area contributed by atoms with Crippen LogP contribution in [0.15, 0.2) is 137 Å². The molecule has 0 radical (unpaired) electrons. The number of rotatable bonds is 26. The molecule has 3 atom stereocenters. The predicted molar refractivity (Wildman–Crippen MR) is 298 cm³/mol. The Morgan fingerprint density at radius 1 is 0.705 bits per heavy atom. The summed E-state index contributed by atoms with van der Waals surface area (Å²) in [6.07, 6.45) is 3.08. The molecule has 2 heterocycles. The van der Waals surface area contributed by atoms with Crippen molar-refractivity contribution in [3.8, 4) is 16.9 Å². The number of phenols is 1. The predicted octanol–water partition coefficient (Wildman–Crippen LogP) is 3.70. The molecule has 13 N–H and O–H groups in total. The van der Waals surface area contributed by atoms with Gasteiger partial charge in [0, 0.05) is 87.0 Å². The van der Waals surface area contributed by atoms with E-state index in [9.17, 15) is 41.4 Å². The fourth-order valence-corrected chi connectivity index (χ4v) is 9.58. The highest BCUT2D eigenvalue weighted by Crippen LogP contribution is 2.26. The number of nitrogens with two attached hydrogens (primary N) is 3. The minimum atomic E-state index is -4.76. The molecule has 1 saturated heterocycles. The van der Waals surface area contributed by atoms with Crippen LogP contribution in [0.2, 0.25) is 0 Å². The lowest BCUT2D eigenvalue weighted by atomic mass is 9.99. The molecule has 7 rings (SSSR count). The third-order valence-corrected chi connectivity index (χ3v) is 14.2. The number of phenolic OH excluding ortho intramolecular Hbond substituents is 1. The van der Waals surface area contributed by atoms with Crippen LogP contribution in [0.1, 0.15) is 48.8 Å². The van der Waals surface area contributed by atoms with Gasteiger partial charge in [-0.3, -0.25) is 33.9 Å². The van der Waals surface area contributed by atoms with Gasteiger partial charge in [-0.2, -0.15) is 8.42 Å². The number of halogens is 1. The molecule has 5 aromatic carbocycles. The number of aromatic nitrogens is 1. The molecule has 0 spiro atoms. The van der Waals surface area contributed by atoms with Gasteiger partial charge in [0.2, 0.25) is 29.5 Å². The number of benzene rings is 5. The fourth-order valence-electron chi connectivity index (χ4n) is 9.12. The number of H-pyrrole nitrogens is 1. The van der Waals surface area contributed by atoms with Crippen molar-refractivity contribution < 1.29 is 41.4 Å². The Morgan fingerprint density at radius 3 is 2.03 bits per heavy atom. The van der Waals surface area contributed by atoms with E-state index in [1.807, 2.05) is 66.7 Å². The van der Waals surface area contributed by atoms with Crippen LogP contribution in [0.25, 0.3) is 22.0 Å². The molecular weight excluding hydrogens is 1020 g/mol. The first kappa shape index (κ1) is 57.4. The molecular formula is C56H67FN12O8S. The maximum Gasteiger partial charge on any atom is 0.332 e. The maximum absolute atomic E-state index is 14.6. The second-order valence-corrected chi connectivity index (χ2v) is 20.5. The second kappa shape index (κ2) is 27.6. The van der Waals surface area contributed by atoms with Gasteiger partial charge < -0.3 is 58.8 Å². The fraction of sp³-hybridized carbons (Fsp3) is 0.321. The lowest BCUT2D eigenvalue weighted by molar-refractivity contribution is -0.134. The smallest absolute Gasteiger partial charge is 0.332 e. The molecule has 1 fully saturated rings. The van der Waals surface area contributed by atoms with Crippen LogP contribution in [-0.2, 0) is 53.6 Å². The topological polar surface area (TPSA) is 313 Å². The summed E-state index contributed by atoms with van der Waals surface area (Å²) >= 11 is 0. The van der Waals surface area contributed by atoms with Crippen molar-refractivity contribution in [3.63, 3.8) is 0 Å². The minimum absolute atomic E-state index is 0.00349. The van der Waals surface area contributed by atoms with Crippen molar-refractivity contribution in [2.75, 3.05) is 56.0 Å². The summed E-state index contributed by atoms with van der Waals surface area (Å²) in [5.74, 6) is -3.04. The van der Waals surface area contributed by atoms with Gasteiger partial charge in [-0.15, -0.1) is 3.89 Å². The average molecular weight is 1090 g/mol. The number of hydrogen-bond donors (Lipinski definition) is 10. The van der Waals surface area contributed by atoms with Gasteiger partial charge in [-0.25, -0.2) is 0 Å². The molecule has 1 aromatic heterocycles. The molecule has 20 nitrogen and oxygen atoms in total. The van der Waals surface area contributed by atoms with Crippen LogP contribution in [0.5, 0.6) is 5.75 Å². The molecule has 6 aromatic rings. The van der Waals surface area contributed by atoms with E-state index < -0.39 is 64.4 Å². The van der Waals surface area contributed by atoms with Crippen molar-refractivity contribution in [3.05, 3.63) is 144 Å². The van der Waals surface area contributed by atoms with Gasteiger partial charge in [0.05, 0.1) is 11.4 Å². The number of aliphatic imine (C=N–C) groups is 1. The third kappa shape index (κ3) is 17.1. The first-order valence-electron chi connectivity index (χ1n) is 25.8. The SMILES string of the molecule is NCCCC(=O)N[C@@H](Cc1c[nH]c2ccc(O)cc12)C(=O)N[C@@H](Cc1ccc(-c2ccccc2)cc1)C(=O)N[C@@H](CCCCN=C(N)N)C(=O)NCC(=O)Nc1ccc(N2CCN(Cc3ccc(S(=O)(=O)F)cc3)CC2)cc1. The van der Waals surface area contributed by atoms with Crippen LogP contribution in [-0.4, -0.2) is 123 Å². The summed E-state index contributed by atoms with van der Waals surface area (Å²) in [7, 11) is -4.76. The monoisotopic (exact) mass is 1090 g/mol. The van der Waals surface area contributed by atoms with Crippen molar-refractivity contribution in [2.45, 2.75) is 74.5 Å². The van der Waals surface area contributed by atoms with Gasteiger partial charge in [0.25, 0.3) is 0 Å². The molecule has 0 saturated carbocycles. The normalized spacial score (nSPS) is 13.9. The molecule has 1 aliphatic rings. The zero-order valence-corrected chi connectivity index (χ0v) is 43.9. The summed E-state index contributed by atoms with van der Waals surface area (Å²) in [6.45, 7) is 3.56. The van der Waals surface area contributed by atoms with Gasteiger partial charge in [0.15, 0.2) is 5.96 Å². The first-order valence-corrected chi connectivity index (χ1v) is 27.2. The van der Waals surface area contributed by atoms with Crippen molar-refractivity contribution in [1.29, 1.82) is 0 Å². The van der Waals surface area contributed by atoms with E-state index in [1.54, 1.807) is 42.6 Å². The average Bonchev–Trinajstić information content (AvgIpc) is 3.84. The van der Waals surface area contributed by atoms with E-state index in [0.29, 0.717) is 66.6 Å². The number of piperazine rings is 1. The highest BCUT2D eigenvalue weighted by Gasteiger charge is 2.31. The molecule has 1 aliphatic heterocycles. The standard InChI is InChI=1S/C56H67FN12O8S/c57-78(76,77)45-22-13-38(14-23-45)36-68-27-29-69(30-28-68)43-19-17-42(18-20-43)64-52(72)35-63-53(73)48(9-4-5-26-61-56(59)60)66-54(74)49(31-37-11-15-40(16-12-37)39-7-2-1-3-8-39)67-55(75)50(65-51(71)10-6-25-58)32-41-34-62-47-24-21-44(70)33-46(41)47/h1-3,7-8,11-24,33-34,48-50,62,70H,4-6,9-10,25-32,35-36,58H2,(H,63,73)(H,64,72)(H,65,71)(H,66,74)(H,67,75)(H4,59,60,61)/t48-,49-,50-/m0/s1. The number of nitrogens with one attached hydrogen (secondary N) is 6. The zero-order chi connectivity index (χ0) is 55.6. The molecule has 0 bridgehead atoms. The number of amides is 5. The highest BCUT2D eigenvalue weighted by atomic mass is 32.3. The van der Waals surface area contributed by atoms with Gasteiger partial charge in [-0.05, 0) is 115 Å². The number of aromatic amines is 1. The van der Waals surface area contributed by atoms with E-state index in [1.165, 1.54) is 18.2 Å². The summed E-state index contributed by atoms with van der Waals surface area (Å²) in [5, 5.41) is 24.9. The Morgan fingerprint density at radius 2 is 1.36 bits per heavy atom. The Kier molecular flexibility index (Phi) is 20.3. The number of fused-ring (bicyclic) bond motifs is 1. The molecule has 0 unspecified atom stereocenters. The van der Waals surface area contributed by atoms with Gasteiger partial charge in [-0.1, -0.05) is 66.7 Å². The zero-order valence-electron chi connectivity index (χ0n) is 43.1. The van der Waals surface area contributed by atoms with E-state index in [-0.39, 0.29) is 55.4 Å². The number of hydrogen-bond acceptors (Lipinski definition) is 12. The van der Waals surface area contributed by atoms with Crippen LogP contribution >= 0.6 is 0 Å². The van der Waals surface area contributed by atoms with E-state index in [2.05, 4.69) is 46.4 Å². The van der Waals surface area contributed by atoms with Gasteiger partial charge >= 0.3 is 10.2 Å². The van der Waals surface area contributed by atoms with E-state index in [4.69, 9.17) is 17.2 Å². The largest absolute Gasteiger partial charge is 0.508 e. The summed E-state index contributed by atoms with van der Waals surface area (Å²) in [5.41, 5.74) is 23.0. The maximum atomic E-state index is 14.6. The number of carbonyl (C=O) groups is 5. The number of nitrogens with zero attached hydrogens (tertiary/aromatic N) is 3. The van der Waals surface area contributed by atoms with Crippen molar-refractivity contribution >= 4 is 68.0 Å². The van der Waals surface area contributed by atoms with Crippen LogP contribution in [0.4, 0.5) is 15.3 Å². The Labute approximate surface area is 452 Å². The summed E-state index contributed by atoms with van der Waals surface area (Å²) in [6, 6.07) is 31.4. The lowest BCUT2D eigenvalue weighted by Crippen LogP contribution is -2.58. The highest BCUT2D eigenvalue weighted by molar-refractivity contribution is 7.86. The van der Waals surface area contributed by atoms with Crippen LogP contribution < -0.4 is 48.7 Å². The summed E-state index contributed by atoms with van der Waals surface area (Å²) < 4.78 is 35.7. The van der Waals surface area contributed by atoms with E-state index >= 15 is 0 Å². The lowest BCUT2D eigenvalue weighted by Gasteiger charge is -2.36. The molecule has 78 heavy (non-hydrogen) atoms. The van der Waals surface area contributed by atoms with Crippen molar-refractivity contribution in [2.24, 2.45) is 22.2 Å². The number of anilines is 2. The first-order chi connectivity index (χ1) is 37.5.